The van der Waals surface area contributed by atoms with Crippen LogP contribution in [-0.4, -0.2) is 21.0 Å². The average Bonchev–Trinajstić information content (AvgIpc) is 2.80. The molecule has 106 valence electrons. The van der Waals surface area contributed by atoms with Gasteiger partial charge in [0, 0.05) is 6.07 Å². The van der Waals surface area contributed by atoms with Crippen molar-refractivity contribution in [3.8, 4) is 11.4 Å². The summed E-state index contributed by atoms with van der Waals surface area (Å²) in [7, 11) is 0. The third-order valence-electron chi connectivity index (χ3n) is 2.97. The smallest absolute Gasteiger partial charge is 0.338 e. The highest BCUT2D eigenvalue weighted by molar-refractivity contribution is 6.01. The van der Waals surface area contributed by atoms with Crippen LogP contribution in [0.2, 0.25) is 0 Å². The van der Waals surface area contributed by atoms with E-state index >= 15 is 0 Å². The molecule has 0 amide bonds. The number of nitrogens with one attached hydrogen (secondary N) is 1. The number of H-pyrrole nitrogens is 1. The van der Waals surface area contributed by atoms with Gasteiger partial charge in [-0.3, -0.25) is 0 Å². The highest BCUT2D eigenvalue weighted by atomic mass is 19.1. The van der Waals surface area contributed by atoms with Crippen molar-refractivity contribution in [2.45, 2.75) is 0 Å². The maximum absolute atomic E-state index is 13.7. The topological polar surface area (TPSA) is 66.0 Å². The molecule has 21 heavy (non-hydrogen) atoms. The molecule has 0 saturated carbocycles. The van der Waals surface area contributed by atoms with E-state index in [0.717, 1.165) is 18.2 Å². The van der Waals surface area contributed by atoms with Crippen LogP contribution in [-0.2, 0) is 0 Å². The van der Waals surface area contributed by atoms with Crippen molar-refractivity contribution in [2.24, 2.45) is 0 Å². The Morgan fingerprint density at radius 3 is 2.52 bits per heavy atom. The maximum Gasteiger partial charge on any atom is 0.338 e. The second-order valence-electron chi connectivity index (χ2n) is 4.36. The van der Waals surface area contributed by atoms with Gasteiger partial charge in [0.05, 0.1) is 16.6 Å². The summed E-state index contributed by atoms with van der Waals surface area (Å²) >= 11 is 0. The van der Waals surface area contributed by atoms with Gasteiger partial charge in [0.25, 0.3) is 0 Å². The number of aromatic carboxylic acids is 1. The van der Waals surface area contributed by atoms with E-state index in [1.54, 1.807) is 0 Å². The second-order valence-corrected chi connectivity index (χ2v) is 4.36. The molecule has 0 aliphatic heterocycles. The molecule has 0 aliphatic rings. The van der Waals surface area contributed by atoms with E-state index in [-0.39, 0.29) is 28.0 Å². The summed E-state index contributed by atoms with van der Waals surface area (Å²) < 4.78 is 40.0. The van der Waals surface area contributed by atoms with E-state index in [1.165, 1.54) is 6.07 Å². The fraction of sp³-hybridized carbons (Fsp3) is 0. The Labute approximate surface area is 115 Å². The Kier molecular flexibility index (Phi) is 2.90. The maximum atomic E-state index is 13.7. The number of fused-ring (bicyclic) bond motifs is 1. The van der Waals surface area contributed by atoms with Gasteiger partial charge < -0.3 is 10.1 Å². The van der Waals surface area contributed by atoms with Crippen LogP contribution in [0.25, 0.3) is 22.4 Å². The van der Waals surface area contributed by atoms with Gasteiger partial charge in [-0.25, -0.2) is 22.9 Å². The average molecular weight is 292 g/mol. The number of aromatic nitrogens is 2. The molecular formula is C14H7F3N2O2. The van der Waals surface area contributed by atoms with Gasteiger partial charge in [-0.2, -0.15) is 0 Å². The second kappa shape index (κ2) is 4.62. The minimum absolute atomic E-state index is 0.00243. The van der Waals surface area contributed by atoms with Gasteiger partial charge >= 0.3 is 5.97 Å². The number of carboxylic acids is 1. The van der Waals surface area contributed by atoms with Crippen LogP contribution in [0.1, 0.15) is 10.4 Å². The molecule has 0 bridgehead atoms. The Morgan fingerprint density at radius 2 is 1.86 bits per heavy atom. The van der Waals surface area contributed by atoms with E-state index in [0.29, 0.717) is 6.07 Å². The first-order chi connectivity index (χ1) is 9.95. The van der Waals surface area contributed by atoms with Gasteiger partial charge in [0.15, 0.2) is 0 Å². The van der Waals surface area contributed by atoms with E-state index in [1.807, 2.05) is 0 Å². The molecule has 0 fully saturated rings. The summed E-state index contributed by atoms with van der Waals surface area (Å²) in [6, 6.07) is 4.78. The van der Waals surface area contributed by atoms with Gasteiger partial charge in [0.1, 0.15) is 28.8 Å². The molecule has 3 rings (SSSR count). The standard InChI is InChI=1S/C14H7F3N2O2/c15-6-1-2-8(10(17)4-6)13-18-11-5-7(16)3-9(14(20)21)12(11)19-13/h1-5H,(H,18,19)(H,20,21). The summed E-state index contributed by atoms with van der Waals surface area (Å²) in [6.07, 6.45) is 0. The lowest BCUT2D eigenvalue weighted by molar-refractivity contribution is 0.0698. The first kappa shape index (κ1) is 13.2. The molecule has 1 aromatic heterocycles. The molecule has 3 aromatic rings. The molecule has 0 unspecified atom stereocenters. The minimum Gasteiger partial charge on any atom is -0.478 e. The molecule has 4 nitrogen and oxygen atoms in total. The molecular weight excluding hydrogens is 285 g/mol. The molecule has 0 saturated heterocycles. The molecule has 0 atom stereocenters. The van der Waals surface area contributed by atoms with Crippen LogP contribution in [0.5, 0.6) is 0 Å². The number of imidazole rings is 1. The number of aromatic amines is 1. The number of hydrogen-bond donors (Lipinski definition) is 2. The molecule has 2 N–H and O–H groups in total. The molecule has 0 aliphatic carbocycles. The lowest BCUT2D eigenvalue weighted by Gasteiger charge is -1.98. The molecule has 1 heterocycles. The molecule has 0 radical (unpaired) electrons. The lowest BCUT2D eigenvalue weighted by Crippen LogP contribution is -1.98. The monoisotopic (exact) mass is 292 g/mol. The zero-order valence-corrected chi connectivity index (χ0v) is 10.3. The zero-order valence-electron chi connectivity index (χ0n) is 10.3. The summed E-state index contributed by atoms with van der Waals surface area (Å²) in [4.78, 5) is 17.7. The fourth-order valence-corrected chi connectivity index (χ4v) is 2.05. The molecule has 2 aromatic carbocycles. The fourth-order valence-electron chi connectivity index (χ4n) is 2.05. The number of nitrogens with zero attached hydrogens (tertiary/aromatic N) is 1. The van der Waals surface area contributed by atoms with E-state index < -0.39 is 23.4 Å². The largest absolute Gasteiger partial charge is 0.478 e. The van der Waals surface area contributed by atoms with Gasteiger partial charge in [-0.1, -0.05) is 0 Å². The summed E-state index contributed by atoms with van der Waals surface area (Å²) in [5.74, 6) is -3.71. The number of rotatable bonds is 2. The number of benzene rings is 2. The number of carboxylic acid groups (broad SMARTS) is 1. The number of hydrogen-bond acceptors (Lipinski definition) is 2. The lowest BCUT2D eigenvalue weighted by atomic mass is 10.2. The normalized spacial score (nSPS) is 11.0. The van der Waals surface area contributed by atoms with Crippen molar-refractivity contribution in [2.75, 3.05) is 0 Å². The highest BCUT2D eigenvalue weighted by Crippen LogP contribution is 2.26. The third-order valence-corrected chi connectivity index (χ3v) is 2.97. The predicted molar refractivity (Wildman–Crippen MR) is 68.4 cm³/mol. The van der Waals surface area contributed by atoms with Crippen molar-refractivity contribution < 1.29 is 23.1 Å². The molecule has 0 spiro atoms. The van der Waals surface area contributed by atoms with E-state index in [4.69, 9.17) is 5.11 Å². The first-order valence-corrected chi connectivity index (χ1v) is 5.83. The van der Waals surface area contributed by atoms with Gasteiger partial charge in [0.2, 0.25) is 0 Å². The summed E-state index contributed by atoms with van der Waals surface area (Å²) in [5.41, 5.74) is -0.256. The van der Waals surface area contributed by atoms with Crippen molar-refractivity contribution in [1.82, 2.24) is 9.97 Å². The van der Waals surface area contributed by atoms with Crippen LogP contribution in [0.4, 0.5) is 13.2 Å². The van der Waals surface area contributed by atoms with Crippen LogP contribution in [0.3, 0.4) is 0 Å². The van der Waals surface area contributed by atoms with Crippen molar-refractivity contribution >= 4 is 17.0 Å². The van der Waals surface area contributed by atoms with Gasteiger partial charge in [-0.15, -0.1) is 0 Å². The quantitative estimate of drug-likeness (QED) is 0.761. The Bertz CT molecular complexity index is 874. The van der Waals surface area contributed by atoms with Crippen LogP contribution in [0.15, 0.2) is 30.3 Å². The van der Waals surface area contributed by atoms with Crippen molar-refractivity contribution in [3.05, 3.63) is 53.3 Å². The van der Waals surface area contributed by atoms with E-state index in [2.05, 4.69) is 9.97 Å². The molecule has 7 heteroatoms. The van der Waals surface area contributed by atoms with Crippen molar-refractivity contribution in [1.29, 1.82) is 0 Å². The Hall–Kier alpha value is -2.83. The number of halogens is 3. The third kappa shape index (κ3) is 2.22. The summed E-state index contributed by atoms with van der Waals surface area (Å²) in [6.45, 7) is 0. The van der Waals surface area contributed by atoms with Gasteiger partial charge in [-0.05, 0) is 24.3 Å². The van der Waals surface area contributed by atoms with Crippen LogP contribution in [0, 0.1) is 17.5 Å². The highest BCUT2D eigenvalue weighted by Gasteiger charge is 2.17. The SMILES string of the molecule is O=C(O)c1cc(F)cc2[nH]c(-c3ccc(F)cc3F)nc12. The number of carbonyl (C=O) groups is 1. The minimum atomic E-state index is -1.35. The first-order valence-electron chi connectivity index (χ1n) is 5.83. The predicted octanol–water partition coefficient (Wildman–Crippen LogP) is 3.35. The Morgan fingerprint density at radius 1 is 1.10 bits per heavy atom. The summed E-state index contributed by atoms with van der Waals surface area (Å²) in [5, 5.41) is 9.03. The zero-order chi connectivity index (χ0) is 15.1. The van der Waals surface area contributed by atoms with Crippen LogP contribution < -0.4 is 0 Å². The van der Waals surface area contributed by atoms with Crippen LogP contribution >= 0.6 is 0 Å². The van der Waals surface area contributed by atoms with E-state index in [9.17, 15) is 18.0 Å². The van der Waals surface area contributed by atoms with Crippen molar-refractivity contribution in [3.63, 3.8) is 0 Å². The Balaban J connectivity index is 2.26.